The molecule has 0 aromatic heterocycles. The number of nitrogens with zero attached hydrogens (tertiary/aromatic N) is 2. The van der Waals surface area contributed by atoms with Crippen molar-refractivity contribution >= 4 is 35.0 Å². The minimum absolute atomic E-state index is 0.225. The zero-order valence-electron chi connectivity index (χ0n) is 21.3. The number of amides is 4. The van der Waals surface area contributed by atoms with Crippen molar-refractivity contribution in [3.8, 4) is 0 Å². The van der Waals surface area contributed by atoms with Gasteiger partial charge in [0.15, 0.2) is 0 Å². The van der Waals surface area contributed by atoms with Gasteiger partial charge >= 0.3 is 12.4 Å². The van der Waals surface area contributed by atoms with Crippen molar-refractivity contribution < 1.29 is 45.5 Å². The van der Waals surface area contributed by atoms with Crippen LogP contribution in [0.3, 0.4) is 0 Å². The predicted molar refractivity (Wildman–Crippen MR) is 125 cm³/mol. The van der Waals surface area contributed by atoms with Gasteiger partial charge in [-0.3, -0.25) is 19.2 Å². The van der Waals surface area contributed by atoms with Crippen LogP contribution in [-0.4, -0.2) is 23.6 Å². The van der Waals surface area contributed by atoms with Crippen molar-refractivity contribution in [3.05, 3.63) is 58.7 Å². The Bertz CT molecular complexity index is 1250. The normalized spacial score (nSPS) is 17.6. The summed E-state index contributed by atoms with van der Waals surface area (Å²) < 4.78 is 76.2. The first-order chi connectivity index (χ1) is 17.1. The summed E-state index contributed by atoms with van der Waals surface area (Å²) in [6, 6.07) is 5.98. The molecule has 0 fully saturated rings. The third-order valence-electron chi connectivity index (χ3n) is 6.58. The van der Waals surface area contributed by atoms with Gasteiger partial charge in [-0.05, 0) is 75.2 Å². The Labute approximate surface area is 214 Å². The molecule has 2 aliphatic rings. The van der Waals surface area contributed by atoms with E-state index in [9.17, 15) is 45.5 Å². The molecule has 2 aromatic rings. The van der Waals surface area contributed by atoms with Crippen LogP contribution in [0.5, 0.6) is 0 Å². The number of hydrogen-bond donors (Lipinski definition) is 0. The molecular weight excluding hydrogens is 518 g/mol. The Morgan fingerprint density at radius 2 is 0.921 bits per heavy atom. The first kappa shape index (κ1) is 28.9. The Balaban J connectivity index is 0.000000211. The minimum atomic E-state index is -4.47. The summed E-state index contributed by atoms with van der Waals surface area (Å²) in [4.78, 5) is 49.0. The number of alkyl halides is 6. The van der Waals surface area contributed by atoms with E-state index in [1.807, 2.05) is 0 Å². The zero-order chi connectivity index (χ0) is 29.2. The number of anilines is 2. The second-order valence-electron chi connectivity index (χ2n) is 10.0. The maximum atomic E-state index is 12.7. The number of carbonyl (C=O) groups excluding carboxylic acids is 4. The molecule has 0 N–H and O–H groups in total. The smallest absolute Gasteiger partial charge is 0.274 e. The minimum Gasteiger partial charge on any atom is -0.274 e. The summed E-state index contributed by atoms with van der Waals surface area (Å²) in [5.41, 5.74) is -3.00. The first-order valence-electron chi connectivity index (χ1n) is 11.3. The van der Waals surface area contributed by atoms with Gasteiger partial charge in [0.2, 0.25) is 23.6 Å². The van der Waals surface area contributed by atoms with E-state index in [1.54, 1.807) is 0 Å². The lowest BCUT2D eigenvalue weighted by Gasteiger charge is -2.17. The molecule has 0 radical (unpaired) electrons. The summed E-state index contributed by atoms with van der Waals surface area (Å²) >= 11 is 0. The fourth-order valence-corrected chi connectivity index (χ4v) is 4.45. The van der Waals surface area contributed by atoms with Gasteiger partial charge in [-0.25, -0.2) is 9.80 Å². The summed E-state index contributed by atoms with van der Waals surface area (Å²) in [6.07, 6.45) is -8.95. The number of benzene rings is 2. The highest BCUT2D eigenvalue weighted by Crippen LogP contribution is 2.45. The molecule has 2 aromatic carbocycles. The molecule has 38 heavy (non-hydrogen) atoms. The average Bonchev–Trinajstić information content (AvgIpc) is 3.10. The van der Waals surface area contributed by atoms with E-state index in [0.29, 0.717) is 0 Å². The Hall–Kier alpha value is -3.70. The molecule has 4 rings (SSSR count). The van der Waals surface area contributed by atoms with Crippen LogP contribution in [0.25, 0.3) is 0 Å². The standard InChI is InChI=1S/2C13H12F3NO2/c2*1-7(18)17-10-5-4-8(13(14,15)16)6-9(10)12(2,3)11(17)19/h2*4-6H,1-3H3. The summed E-state index contributed by atoms with van der Waals surface area (Å²) in [6.45, 7) is 8.46. The first-order valence-corrected chi connectivity index (χ1v) is 11.3. The molecule has 12 heteroatoms. The van der Waals surface area contributed by atoms with Crippen LogP contribution in [0, 0.1) is 0 Å². The van der Waals surface area contributed by atoms with E-state index >= 15 is 0 Å². The third kappa shape index (κ3) is 4.67. The van der Waals surface area contributed by atoms with E-state index in [4.69, 9.17) is 0 Å². The molecule has 6 nitrogen and oxygen atoms in total. The van der Waals surface area contributed by atoms with Crippen molar-refractivity contribution in [1.29, 1.82) is 0 Å². The van der Waals surface area contributed by atoms with Gasteiger partial charge in [-0.15, -0.1) is 0 Å². The van der Waals surface area contributed by atoms with Gasteiger partial charge in [0.25, 0.3) is 0 Å². The lowest BCUT2D eigenvalue weighted by atomic mass is 9.85. The van der Waals surface area contributed by atoms with Crippen molar-refractivity contribution in [2.75, 3.05) is 9.80 Å². The van der Waals surface area contributed by atoms with Gasteiger partial charge in [0.1, 0.15) is 0 Å². The van der Waals surface area contributed by atoms with Gasteiger partial charge in [0, 0.05) is 13.8 Å². The topological polar surface area (TPSA) is 74.8 Å². The van der Waals surface area contributed by atoms with E-state index in [1.165, 1.54) is 53.7 Å². The van der Waals surface area contributed by atoms with Crippen LogP contribution >= 0.6 is 0 Å². The van der Waals surface area contributed by atoms with Crippen LogP contribution in [0.2, 0.25) is 0 Å². The Morgan fingerprint density at radius 3 is 1.16 bits per heavy atom. The average molecular weight is 542 g/mol. The molecule has 0 spiro atoms. The second-order valence-corrected chi connectivity index (χ2v) is 10.0. The molecule has 0 aliphatic carbocycles. The van der Waals surface area contributed by atoms with Gasteiger partial charge in [0.05, 0.1) is 33.3 Å². The molecule has 4 amide bonds. The van der Waals surface area contributed by atoms with Gasteiger partial charge in [-0.2, -0.15) is 26.3 Å². The third-order valence-corrected chi connectivity index (χ3v) is 6.58. The highest BCUT2D eigenvalue weighted by molar-refractivity contribution is 6.22. The summed E-state index contributed by atoms with van der Waals surface area (Å²) in [5, 5.41) is 0. The molecule has 2 heterocycles. The molecule has 2 aliphatic heterocycles. The van der Waals surface area contributed by atoms with Crippen molar-refractivity contribution in [2.45, 2.75) is 64.7 Å². The summed E-state index contributed by atoms with van der Waals surface area (Å²) in [5.74, 6) is -2.02. The Kier molecular flexibility index (Phi) is 6.80. The number of halogens is 6. The summed E-state index contributed by atoms with van der Waals surface area (Å²) in [7, 11) is 0. The number of imide groups is 2. The van der Waals surface area contributed by atoms with Gasteiger partial charge < -0.3 is 0 Å². The van der Waals surface area contributed by atoms with Crippen LogP contribution < -0.4 is 9.80 Å². The number of rotatable bonds is 0. The predicted octanol–water partition coefficient (Wildman–Crippen LogP) is 5.75. The zero-order valence-corrected chi connectivity index (χ0v) is 21.3. The second kappa shape index (κ2) is 8.95. The molecule has 0 unspecified atom stereocenters. The largest absolute Gasteiger partial charge is 0.416 e. The lowest BCUT2D eigenvalue weighted by Crippen LogP contribution is -2.38. The molecule has 0 saturated heterocycles. The highest BCUT2D eigenvalue weighted by Gasteiger charge is 2.48. The molecule has 0 bridgehead atoms. The van der Waals surface area contributed by atoms with E-state index in [0.717, 1.165) is 34.1 Å². The number of fused-ring (bicyclic) bond motifs is 2. The molecule has 0 atom stereocenters. The van der Waals surface area contributed by atoms with Crippen LogP contribution in [0.15, 0.2) is 36.4 Å². The van der Waals surface area contributed by atoms with E-state index in [2.05, 4.69) is 0 Å². The van der Waals surface area contributed by atoms with Crippen molar-refractivity contribution in [1.82, 2.24) is 0 Å². The van der Waals surface area contributed by atoms with E-state index < -0.39 is 57.9 Å². The number of hydrogen-bond acceptors (Lipinski definition) is 4. The molecular formula is C26H24F6N2O4. The molecule has 0 saturated carbocycles. The maximum absolute atomic E-state index is 12.7. The lowest BCUT2D eigenvalue weighted by molar-refractivity contribution is -0.138. The fraction of sp³-hybridized carbons (Fsp3) is 0.385. The van der Waals surface area contributed by atoms with Crippen LogP contribution in [0.4, 0.5) is 37.7 Å². The maximum Gasteiger partial charge on any atom is 0.416 e. The number of carbonyl (C=O) groups is 4. The SMILES string of the molecule is CC(=O)N1C(=O)C(C)(C)c2cc(C(F)(F)F)ccc21.CC(=O)N1C(=O)C(C)(C)c2cc(C(F)(F)F)ccc21. The fourth-order valence-electron chi connectivity index (χ4n) is 4.45. The van der Waals surface area contributed by atoms with Gasteiger partial charge in [-0.1, -0.05) is 0 Å². The van der Waals surface area contributed by atoms with Crippen molar-refractivity contribution in [3.63, 3.8) is 0 Å². The molecule has 204 valence electrons. The van der Waals surface area contributed by atoms with Crippen LogP contribution in [0.1, 0.15) is 63.8 Å². The van der Waals surface area contributed by atoms with Crippen molar-refractivity contribution in [2.24, 2.45) is 0 Å². The Morgan fingerprint density at radius 1 is 0.632 bits per heavy atom. The van der Waals surface area contributed by atoms with Crippen LogP contribution in [-0.2, 0) is 42.4 Å². The highest BCUT2D eigenvalue weighted by atomic mass is 19.4. The monoisotopic (exact) mass is 542 g/mol. The quantitative estimate of drug-likeness (QED) is 0.398. The van der Waals surface area contributed by atoms with E-state index in [-0.39, 0.29) is 22.5 Å².